The van der Waals surface area contributed by atoms with Gasteiger partial charge in [0.1, 0.15) is 0 Å². The van der Waals surface area contributed by atoms with Crippen LogP contribution in [0.5, 0.6) is 0 Å². The van der Waals surface area contributed by atoms with Gasteiger partial charge >= 0.3 is 0 Å². The minimum atomic E-state index is 0.00440. The summed E-state index contributed by atoms with van der Waals surface area (Å²) in [5.74, 6) is 0.419. The van der Waals surface area contributed by atoms with Crippen LogP contribution in [0.25, 0.3) is 0 Å². The monoisotopic (exact) mass is 219 g/mol. The van der Waals surface area contributed by atoms with E-state index in [0.29, 0.717) is 6.42 Å². The molecule has 0 aromatic carbocycles. The number of allylic oxidation sites excluding steroid dienone is 2. The van der Waals surface area contributed by atoms with Crippen molar-refractivity contribution in [2.45, 2.75) is 26.7 Å². The molecule has 0 radical (unpaired) electrons. The first-order valence-electron chi connectivity index (χ1n) is 5.06. The number of carbonyl (C=O) groups is 1. The maximum absolute atomic E-state index is 11.5. The van der Waals surface area contributed by atoms with Crippen molar-refractivity contribution in [2.75, 3.05) is 0 Å². The van der Waals surface area contributed by atoms with Crippen LogP contribution in [0.4, 0.5) is 5.95 Å². The van der Waals surface area contributed by atoms with E-state index in [9.17, 15) is 4.79 Å². The first kappa shape index (κ1) is 10.7. The third kappa shape index (κ3) is 2.59. The number of nitrogens with one attached hydrogen (secondary N) is 1. The molecule has 0 spiro atoms. The number of hydrogen-bond donors (Lipinski definition) is 1. The van der Waals surface area contributed by atoms with Gasteiger partial charge in [-0.3, -0.25) is 4.79 Å². The van der Waals surface area contributed by atoms with Crippen LogP contribution in [0.2, 0.25) is 0 Å². The van der Waals surface area contributed by atoms with E-state index in [2.05, 4.69) is 39.5 Å². The summed E-state index contributed by atoms with van der Waals surface area (Å²) < 4.78 is 0. The summed E-state index contributed by atoms with van der Waals surface area (Å²) in [5, 5.41) is 13.1. The summed E-state index contributed by atoms with van der Waals surface area (Å²) in [6.07, 6.45) is 4.69. The van der Waals surface area contributed by atoms with Gasteiger partial charge in [0, 0.05) is 12.6 Å². The highest BCUT2D eigenvalue weighted by Gasteiger charge is 2.26. The molecule has 1 N–H and O–H groups in total. The molecule has 1 aromatic rings. The molecule has 16 heavy (non-hydrogen) atoms. The van der Waals surface area contributed by atoms with Crippen molar-refractivity contribution in [1.29, 1.82) is 0 Å². The van der Waals surface area contributed by atoms with Gasteiger partial charge in [0.25, 0.3) is 5.95 Å². The van der Waals surface area contributed by atoms with Crippen molar-refractivity contribution in [3.05, 3.63) is 11.6 Å². The number of aromatic amines is 1. The van der Waals surface area contributed by atoms with Crippen LogP contribution in [0, 0.1) is 5.41 Å². The van der Waals surface area contributed by atoms with E-state index >= 15 is 0 Å². The van der Waals surface area contributed by atoms with Crippen LogP contribution in [0.3, 0.4) is 0 Å². The lowest BCUT2D eigenvalue weighted by atomic mass is 9.77. The Bertz CT molecular complexity index is 444. The van der Waals surface area contributed by atoms with E-state index in [1.165, 1.54) is 0 Å². The maximum Gasteiger partial charge on any atom is 0.288 e. The van der Waals surface area contributed by atoms with Crippen LogP contribution < -0.4 is 0 Å². The third-order valence-electron chi connectivity index (χ3n) is 2.36. The Morgan fingerprint density at radius 1 is 1.50 bits per heavy atom. The van der Waals surface area contributed by atoms with Gasteiger partial charge in [0.15, 0.2) is 5.78 Å². The molecule has 0 saturated carbocycles. The lowest BCUT2D eigenvalue weighted by molar-refractivity contribution is -0.116. The van der Waals surface area contributed by atoms with Crippen LogP contribution >= 0.6 is 0 Å². The fourth-order valence-electron chi connectivity index (χ4n) is 1.83. The molecule has 0 amide bonds. The normalized spacial score (nSPS) is 20.1. The summed E-state index contributed by atoms with van der Waals surface area (Å²) in [5.41, 5.74) is 0.913. The zero-order chi connectivity index (χ0) is 11.6. The van der Waals surface area contributed by atoms with Gasteiger partial charge in [0.2, 0.25) is 0 Å². The Morgan fingerprint density at radius 2 is 2.31 bits per heavy atom. The van der Waals surface area contributed by atoms with Crippen molar-refractivity contribution in [3.8, 4) is 0 Å². The smallest absolute Gasteiger partial charge is 0.288 e. The zero-order valence-electron chi connectivity index (χ0n) is 9.27. The average molecular weight is 219 g/mol. The van der Waals surface area contributed by atoms with E-state index < -0.39 is 0 Å². The molecule has 6 heteroatoms. The van der Waals surface area contributed by atoms with E-state index in [1.54, 1.807) is 12.3 Å². The number of H-pyrrole nitrogens is 1. The number of ketones is 1. The fraction of sp³-hybridized carbons (Fsp3) is 0.500. The van der Waals surface area contributed by atoms with E-state index in [4.69, 9.17) is 0 Å². The molecule has 1 heterocycles. The zero-order valence-corrected chi connectivity index (χ0v) is 9.27. The molecule has 0 aliphatic heterocycles. The summed E-state index contributed by atoms with van der Waals surface area (Å²) in [4.78, 5) is 15.5. The van der Waals surface area contributed by atoms with Crippen molar-refractivity contribution in [1.82, 2.24) is 20.6 Å². The highest BCUT2D eigenvalue weighted by molar-refractivity contribution is 5.98. The summed E-state index contributed by atoms with van der Waals surface area (Å²) in [6, 6.07) is 0. The van der Waals surface area contributed by atoms with Gasteiger partial charge < -0.3 is 0 Å². The van der Waals surface area contributed by atoms with Crippen molar-refractivity contribution < 1.29 is 4.79 Å². The topological polar surface area (TPSA) is 83.9 Å². The molecule has 0 saturated heterocycles. The van der Waals surface area contributed by atoms with Gasteiger partial charge in [-0.15, -0.1) is 5.10 Å². The number of nitrogens with zero attached hydrogens (tertiary/aromatic N) is 4. The third-order valence-corrected chi connectivity index (χ3v) is 2.36. The Kier molecular flexibility index (Phi) is 2.64. The molecule has 1 aliphatic carbocycles. The van der Waals surface area contributed by atoms with Crippen LogP contribution in [0.15, 0.2) is 16.6 Å². The van der Waals surface area contributed by atoms with Crippen LogP contribution in [-0.4, -0.2) is 32.6 Å². The number of aliphatic imine (C=N–C) groups is 1. The molecular formula is C10H13N5O. The highest BCUT2D eigenvalue weighted by Crippen LogP contribution is 2.32. The molecular weight excluding hydrogens is 206 g/mol. The van der Waals surface area contributed by atoms with Crippen molar-refractivity contribution >= 4 is 17.9 Å². The van der Waals surface area contributed by atoms with Crippen LogP contribution in [0.1, 0.15) is 26.7 Å². The average Bonchev–Trinajstić information content (AvgIpc) is 2.63. The van der Waals surface area contributed by atoms with Crippen molar-refractivity contribution in [2.24, 2.45) is 10.4 Å². The minimum absolute atomic E-state index is 0.00440. The van der Waals surface area contributed by atoms with E-state index in [-0.39, 0.29) is 17.1 Å². The Labute approximate surface area is 92.9 Å². The molecule has 1 aliphatic rings. The quantitative estimate of drug-likeness (QED) is 0.758. The van der Waals surface area contributed by atoms with E-state index in [1.807, 2.05) is 0 Å². The Balaban J connectivity index is 2.13. The van der Waals surface area contributed by atoms with Gasteiger partial charge in [0.05, 0.1) is 0 Å². The first-order valence-corrected chi connectivity index (χ1v) is 5.06. The lowest BCUT2D eigenvalue weighted by Gasteiger charge is -2.27. The predicted octanol–water partition coefficient (Wildman–Crippen LogP) is 1.22. The molecule has 0 fully saturated rings. The number of rotatable bonds is 2. The second-order valence-electron chi connectivity index (χ2n) is 4.67. The Morgan fingerprint density at radius 3 is 2.94 bits per heavy atom. The molecule has 0 atom stereocenters. The molecule has 84 valence electrons. The molecule has 1 aromatic heterocycles. The maximum atomic E-state index is 11.5. The predicted molar refractivity (Wildman–Crippen MR) is 58.4 cm³/mol. The molecule has 2 rings (SSSR count). The summed E-state index contributed by atoms with van der Waals surface area (Å²) in [6.45, 7) is 4.14. The largest absolute Gasteiger partial charge is 0.295 e. The van der Waals surface area contributed by atoms with Gasteiger partial charge in [-0.25, -0.2) is 4.99 Å². The standard InChI is InChI=1S/C10H13N5O/c1-10(2)4-7(3-8(16)5-10)6-11-9-12-14-15-13-9/h3,6H,4-5H2,1-2H3,(H,12,13,14,15)/b11-6+. The van der Waals surface area contributed by atoms with Crippen molar-refractivity contribution in [3.63, 3.8) is 0 Å². The Hall–Kier alpha value is -1.85. The molecule has 6 nitrogen and oxygen atoms in total. The summed E-state index contributed by atoms with van der Waals surface area (Å²) >= 11 is 0. The lowest BCUT2D eigenvalue weighted by Crippen LogP contribution is -2.22. The molecule has 0 bridgehead atoms. The highest BCUT2D eigenvalue weighted by atomic mass is 16.1. The molecule has 0 unspecified atom stereocenters. The SMILES string of the molecule is CC1(C)CC(=O)C=C(/C=N/c2nn[nH]n2)C1. The first-order chi connectivity index (χ1) is 7.55. The van der Waals surface area contributed by atoms with Gasteiger partial charge in [-0.1, -0.05) is 18.9 Å². The second-order valence-corrected chi connectivity index (χ2v) is 4.67. The van der Waals surface area contributed by atoms with Gasteiger partial charge in [-0.2, -0.15) is 5.21 Å². The second kappa shape index (κ2) is 3.96. The number of aromatic nitrogens is 4. The number of carbonyl (C=O) groups excluding carboxylic acids is 1. The summed E-state index contributed by atoms with van der Waals surface area (Å²) in [7, 11) is 0. The number of hydrogen-bond acceptors (Lipinski definition) is 5. The van der Waals surface area contributed by atoms with Gasteiger partial charge in [-0.05, 0) is 28.7 Å². The van der Waals surface area contributed by atoms with E-state index in [0.717, 1.165) is 12.0 Å². The number of tetrazole rings is 1. The fourth-order valence-corrected chi connectivity index (χ4v) is 1.83. The minimum Gasteiger partial charge on any atom is -0.295 e. The van der Waals surface area contributed by atoms with Crippen LogP contribution in [-0.2, 0) is 4.79 Å².